The number of carbonyl (C=O) groups is 1. The third-order valence-corrected chi connectivity index (χ3v) is 7.71. The lowest BCUT2D eigenvalue weighted by Gasteiger charge is -2.22. The molecule has 0 aromatic heterocycles. The summed E-state index contributed by atoms with van der Waals surface area (Å²) in [6.45, 7) is -0.0342. The zero-order chi connectivity index (χ0) is 23.4. The Hall–Kier alpha value is -2.59. The zero-order valence-electron chi connectivity index (χ0n) is 17.3. The lowest BCUT2D eigenvalue weighted by molar-refractivity contribution is -0.121. The highest BCUT2D eigenvalue weighted by molar-refractivity contribution is 9.10. The van der Waals surface area contributed by atoms with Crippen LogP contribution in [0, 0.1) is 0 Å². The molecule has 1 heterocycles. The molecule has 1 aliphatic heterocycles. The van der Waals surface area contributed by atoms with E-state index in [4.69, 9.17) is 21.1 Å². The van der Waals surface area contributed by atoms with Crippen molar-refractivity contribution >= 4 is 43.5 Å². The maximum Gasteiger partial charge on any atom is 0.243 e. The van der Waals surface area contributed by atoms with Crippen LogP contribution in [-0.2, 0) is 27.9 Å². The fraction of sp³-hybridized carbons (Fsp3) is 0.174. The molecule has 0 atom stereocenters. The van der Waals surface area contributed by atoms with Gasteiger partial charge in [0.1, 0.15) is 0 Å². The Bertz CT molecular complexity index is 1270. The van der Waals surface area contributed by atoms with Crippen LogP contribution in [0.1, 0.15) is 11.1 Å². The normalized spacial score (nSPS) is 12.7. The average Bonchev–Trinajstić information content (AvgIpc) is 3.27. The van der Waals surface area contributed by atoms with Gasteiger partial charge in [-0.1, -0.05) is 51.8 Å². The van der Waals surface area contributed by atoms with Crippen LogP contribution in [0.2, 0.25) is 5.02 Å². The number of sulfonamides is 1. The van der Waals surface area contributed by atoms with Crippen molar-refractivity contribution in [1.82, 2.24) is 9.62 Å². The molecule has 10 heteroatoms. The van der Waals surface area contributed by atoms with Crippen molar-refractivity contribution in [3.05, 3.63) is 87.4 Å². The first kappa shape index (κ1) is 23.6. The molecular formula is C23H20BrClN2O5S. The molecule has 0 bridgehead atoms. The molecular weight excluding hydrogens is 532 g/mol. The smallest absolute Gasteiger partial charge is 0.243 e. The van der Waals surface area contributed by atoms with Crippen LogP contribution in [0.5, 0.6) is 11.5 Å². The summed E-state index contributed by atoms with van der Waals surface area (Å²) in [7, 11) is -3.96. The highest BCUT2D eigenvalue weighted by Gasteiger charge is 2.27. The van der Waals surface area contributed by atoms with Crippen LogP contribution in [0.4, 0.5) is 0 Å². The summed E-state index contributed by atoms with van der Waals surface area (Å²) in [5.74, 6) is 0.817. The highest BCUT2D eigenvalue weighted by Crippen LogP contribution is 2.32. The number of rotatable bonds is 8. The molecule has 3 aromatic rings. The van der Waals surface area contributed by atoms with E-state index >= 15 is 0 Å². The van der Waals surface area contributed by atoms with E-state index in [1.165, 1.54) is 12.1 Å². The van der Waals surface area contributed by atoms with Crippen LogP contribution >= 0.6 is 27.5 Å². The van der Waals surface area contributed by atoms with E-state index in [2.05, 4.69) is 21.2 Å². The van der Waals surface area contributed by atoms with Gasteiger partial charge in [0.15, 0.2) is 11.5 Å². The Labute approximate surface area is 205 Å². The van der Waals surface area contributed by atoms with Crippen molar-refractivity contribution in [3.63, 3.8) is 0 Å². The van der Waals surface area contributed by atoms with E-state index in [0.29, 0.717) is 22.1 Å². The SMILES string of the molecule is O=C(CN(Cc1ccccc1Cl)S(=O)(=O)c1ccc(Br)cc1)NCc1ccc2c(c1)OCO2. The van der Waals surface area contributed by atoms with E-state index in [1.54, 1.807) is 48.5 Å². The molecule has 0 saturated heterocycles. The van der Waals surface area contributed by atoms with Gasteiger partial charge >= 0.3 is 0 Å². The Morgan fingerprint density at radius 2 is 1.76 bits per heavy atom. The second-order valence-electron chi connectivity index (χ2n) is 7.28. The highest BCUT2D eigenvalue weighted by atomic mass is 79.9. The Morgan fingerprint density at radius 3 is 2.52 bits per heavy atom. The van der Waals surface area contributed by atoms with Gasteiger partial charge < -0.3 is 14.8 Å². The monoisotopic (exact) mass is 550 g/mol. The van der Waals surface area contributed by atoms with Gasteiger partial charge in [0.2, 0.25) is 22.7 Å². The van der Waals surface area contributed by atoms with Crippen LogP contribution in [-0.4, -0.2) is 32.0 Å². The van der Waals surface area contributed by atoms with Crippen molar-refractivity contribution in [1.29, 1.82) is 0 Å². The van der Waals surface area contributed by atoms with E-state index in [0.717, 1.165) is 14.3 Å². The second kappa shape index (κ2) is 10.1. The Balaban J connectivity index is 1.51. The molecule has 1 aliphatic rings. The number of nitrogens with one attached hydrogen (secondary N) is 1. The van der Waals surface area contributed by atoms with Crippen LogP contribution < -0.4 is 14.8 Å². The molecule has 0 spiro atoms. The molecule has 0 aliphatic carbocycles. The summed E-state index contributed by atoms with van der Waals surface area (Å²) in [5.41, 5.74) is 1.41. The van der Waals surface area contributed by atoms with Gasteiger partial charge in [-0.3, -0.25) is 4.79 Å². The summed E-state index contributed by atoms with van der Waals surface area (Å²) >= 11 is 9.57. The van der Waals surface area contributed by atoms with Crippen molar-refractivity contribution in [2.24, 2.45) is 0 Å². The maximum absolute atomic E-state index is 13.4. The largest absolute Gasteiger partial charge is 0.454 e. The number of ether oxygens (including phenoxy) is 2. The van der Waals surface area contributed by atoms with Gasteiger partial charge in [0.05, 0.1) is 11.4 Å². The predicted octanol–water partition coefficient (Wildman–Crippen LogP) is 4.34. The van der Waals surface area contributed by atoms with Crippen LogP contribution in [0.3, 0.4) is 0 Å². The van der Waals surface area contributed by atoms with Gasteiger partial charge in [-0.05, 0) is 53.6 Å². The summed E-state index contributed by atoms with van der Waals surface area (Å²) in [5, 5.41) is 3.20. The summed E-state index contributed by atoms with van der Waals surface area (Å²) in [6, 6.07) is 18.6. The van der Waals surface area contributed by atoms with Gasteiger partial charge in [-0.2, -0.15) is 4.31 Å². The molecule has 0 unspecified atom stereocenters. The molecule has 0 radical (unpaired) electrons. The molecule has 4 rings (SSSR count). The maximum atomic E-state index is 13.4. The van der Waals surface area contributed by atoms with E-state index in [9.17, 15) is 13.2 Å². The fourth-order valence-corrected chi connectivity index (χ4v) is 5.10. The summed E-state index contributed by atoms with van der Waals surface area (Å²) in [6.07, 6.45) is 0. The molecule has 3 aromatic carbocycles. The number of fused-ring (bicyclic) bond motifs is 1. The topological polar surface area (TPSA) is 84.9 Å². The number of halogens is 2. The first-order valence-corrected chi connectivity index (χ1v) is 12.6. The fourth-order valence-electron chi connectivity index (χ4n) is 3.27. The number of benzene rings is 3. The molecule has 33 heavy (non-hydrogen) atoms. The predicted molar refractivity (Wildman–Crippen MR) is 128 cm³/mol. The van der Waals surface area contributed by atoms with Gasteiger partial charge in [0.25, 0.3) is 0 Å². The summed E-state index contributed by atoms with van der Waals surface area (Å²) in [4.78, 5) is 12.8. The standard InChI is InChI=1S/C23H20BrClN2O5S/c24-18-6-8-19(9-7-18)33(29,30)27(13-17-3-1-2-4-20(17)25)14-23(28)26-12-16-5-10-21-22(11-16)32-15-31-21/h1-11H,12-15H2,(H,26,28). The van der Waals surface area contributed by atoms with Crippen molar-refractivity contribution in [3.8, 4) is 11.5 Å². The first-order chi connectivity index (χ1) is 15.8. The van der Waals surface area contributed by atoms with E-state index in [1.807, 2.05) is 6.07 Å². The lowest BCUT2D eigenvalue weighted by Crippen LogP contribution is -2.40. The molecule has 172 valence electrons. The average molecular weight is 552 g/mol. The van der Waals surface area contributed by atoms with Gasteiger partial charge in [0, 0.05) is 22.6 Å². The lowest BCUT2D eigenvalue weighted by atomic mass is 10.2. The number of hydrogen-bond acceptors (Lipinski definition) is 5. The first-order valence-electron chi connectivity index (χ1n) is 9.97. The Kier molecular flexibility index (Phi) is 7.23. The van der Waals surface area contributed by atoms with E-state index in [-0.39, 0.29) is 31.3 Å². The van der Waals surface area contributed by atoms with Gasteiger partial charge in [-0.25, -0.2) is 8.42 Å². The molecule has 1 amide bonds. The number of carbonyl (C=O) groups excluding carboxylic acids is 1. The third kappa shape index (κ3) is 5.67. The number of nitrogens with zero attached hydrogens (tertiary/aromatic N) is 1. The molecule has 7 nitrogen and oxygen atoms in total. The minimum Gasteiger partial charge on any atom is -0.454 e. The second-order valence-corrected chi connectivity index (χ2v) is 10.5. The van der Waals surface area contributed by atoms with Crippen molar-refractivity contribution in [2.45, 2.75) is 18.0 Å². The Morgan fingerprint density at radius 1 is 1.03 bits per heavy atom. The van der Waals surface area contributed by atoms with E-state index < -0.39 is 15.9 Å². The van der Waals surface area contributed by atoms with Crippen LogP contribution in [0.15, 0.2) is 76.1 Å². The minimum atomic E-state index is -3.96. The van der Waals surface area contributed by atoms with Crippen molar-refractivity contribution < 1.29 is 22.7 Å². The number of amides is 1. The molecule has 1 N–H and O–H groups in total. The third-order valence-electron chi connectivity index (χ3n) is 5.00. The van der Waals surface area contributed by atoms with Crippen LogP contribution in [0.25, 0.3) is 0 Å². The quantitative estimate of drug-likeness (QED) is 0.450. The molecule has 0 saturated carbocycles. The molecule has 0 fully saturated rings. The van der Waals surface area contributed by atoms with Crippen molar-refractivity contribution in [2.75, 3.05) is 13.3 Å². The zero-order valence-corrected chi connectivity index (χ0v) is 20.5. The number of hydrogen-bond donors (Lipinski definition) is 1. The minimum absolute atomic E-state index is 0.0461. The van der Waals surface area contributed by atoms with Gasteiger partial charge in [-0.15, -0.1) is 0 Å². The summed E-state index contributed by atoms with van der Waals surface area (Å²) < 4.78 is 39.2.